The molecule has 2 rings (SSSR count). The fourth-order valence-corrected chi connectivity index (χ4v) is 3.16. The van der Waals surface area contributed by atoms with Gasteiger partial charge >= 0.3 is 0 Å². The van der Waals surface area contributed by atoms with Crippen molar-refractivity contribution in [2.24, 2.45) is 0 Å². The molecule has 1 aromatic carbocycles. The highest BCUT2D eigenvalue weighted by Crippen LogP contribution is 2.33. The Kier molecular flexibility index (Phi) is 5.37. The Labute approximate surface area is 126 Å². The van der Waals surface area contributed by atoms with Crippen LogP contribution in [0.25, 0.3) is 0 Å². The molecule has 1 aliphatic rings. The number of hydrogen-bond acceptors (Lipinski definition) is 2. The summed E-state index contributed by atoms with van der Waals surface area (Å²) in [7, 11) is 0. The third-order valence-corrected chi connectivity index (χ3v) is 4.33. The lowest BCUT2D eigenvalue weighted by molar-refractivity contribution is 0.369. The van der Waals surface area contributed by atoms with Crippen LogP contribution >= 0.6 is 23.2 Å². The molecule has 2 unspecified atom stereocenters. The van der Waals surface area contributed by atoms with E-state index in [1.165, 1.54) is 6.42 Å². The molecule has 0 aliphatic carbocycles. The molecule has 0 aromatic heterocycles. The van der Waals surface area contributed by atoms with Gasteiger partial charge in [0.1, 0.15) is 0 Å². The van der Waals surface area contributed by atoms with Crippen molar-refractivity contribution in [2.75, 3.05) is 18.0 Å². The van der Waals surface area contributed by atoms with Crippen LogP contribution in [-0.4, -0.2) is 25.2 Å². The summed E-state index contributed by atoms with van der Waals surface area (Å²) in [5, 5.41) is 5.15. The van der Waals surface area contributed by atoms with Crippen LogP contribution in [0.3, 0.4) is 0 Å². The number of anilines is 1. The molecule has 1 aliphatic heterocycles. The molecule has 1 fully saturated rings. The Morgan fingerprint density at radius 2 is 2.16 bits per heavy atom. The largest absolute Gasteiger partial charge is 0.367 e. The van der Waals surface area contributed by atoms with Crippen molar-refractivity contribution in [3.8, 4) is 0 Å². The Balaban J connectivity index is 2.05. The Bertz CT molecular complexity index is 423. The molecule has 2 atom stereocenters. The van der Waals surface area contributed by atoms with Crippen molar-refractivity contribution in [3.05, 3.63) is 28.2 Å². The first-order chi connectivity index (χ1) is 9.11. The highest BCUT2D eigenvalue weighted by molar-refractivity contribution is 6.35. The first-order valence-electron chi connectivity index (χ1n) is 7.07. The van der Waals surface area contributed by atoms with E-state index < -0.39 is 0 Å². The van der Waals surface area contributed by atoms with Gasteiger partial charge in [0.25, 0.3) is 0 Å². The van der Waals surface area contributed by atoms with Gasteiger partial charge in [0.05, 0.1) is 10.7 Å². The maximum atomic E-state index is 6.30. The van der Waals surface area contributed by atoms with Gasteiger partial charge in [-0.15, -0.1) is 0 Å². The topological polar surface area (TPSA) is 15.3 Å². The van der Waals surface area contributed by atoms with Gasteiger partial charge in [0.2, 0.25) is 0 Å². The SMILES string of the molecule is CCCNC1CCN(c2cc(Cl)ccc2Cl)C(C)C1. The molecule has 0 saturated carbocycles. The molecule has 0 spiro atoms. The maximum Gasteiger partial charge on any atom is 0.0640 e. The van der Waals surface area contributed by atoms with Crippen LogP contribution < -0.4 is 10.2 Å². The average Bonchev–Trinajstić information content (AvgIpc) is 2.40. The maximum absolute atomic E-state index is 6.30. The predicted molar refractivity (Wildman–Crippen MR) is 84.6 cm³/mol. The summed E-state index contributed by atoms with van der Waals surface area (Å²) in [6, 6.07) is 6.81. The zero-order chi connectivity index (χ0) is 13.8. The van der Waals surface area contributed by atoms with Crippen LogP contribution in [0.15, 0.2) is 18.2 Å². The summed E-state index contributed by atoms with van der Waals surface area (Å²) in [5.41, 5.74) is 1.07. The van der Waals surface area contributed by atoms with Gasteiger partial charge in [-0.2, -0.15) is 0 Å². The molecule has 0 amide bonds. The van der Waals surface area contributed by atoms with Gasteiger partial charge in [0.15, 0.2) is 0 Å². The minimum Gasteiger partial charge on any atom is -0.367 e. The predicted octanol–water partition coefficient (Wildman–Crippen LogP) is 4.35. The minimum atomic E-state index is 0.485. The number of nitrogens with one attached hydrogen (secondary N) is 1. The van der Waals surface area contributed by atoms with Crippen LogP contribution in [0.1, 0.15) is 33.1 Å². The molecule has 1 heterocycles. The number of halogens is 2. The summed E-state index contributed by atoms with van der Waals surface area (Å²) < 4.78 is 0. The standard InChI is InChI=1S/C15H22Cl2N2/c1-3-7-18-13-6-8-19(11(2)9-13)15-10-12(16)4-5-14(15)17/h4-5,10-11,13,18H,3,6-9H2,1-2H3. The third-order valence-electron chi connectivity index (χ3n) is 3.78. The lowest BCUT2D eigenvalue weighted by atomic mass is 9.97. The molecule has 0 bridgehead atoms. The molecule has 1 aromatic rings. The number of hydrogen-bond donors (Lipinski definition) is 1. The quantitative estimate of drug-likeness (QED) is 0.889. The number of piperidine rings is 1. The second-order valence-electron chi connectivity index (χ2n) is 5.31. The third kappa shape index (κ3) is 3.77. The van der Waals surface area contributed by atoms with Gasteiger partial charge in [0, 0.05) is 23.7 Å². The number of nitrogens with zero attached hydrogens (tertiary/aromatic N) is 1. The second-order valence-corrected chi connectivity index (χ2v) is 6.16. The van der Waals surface area contributed by atoms with Gasteiger partial charge in [-0.25, -0.2) is 0 Å². The lowest BCUT2D eigenvalue weighted by Gasteiger charge is -2.40. The Hall–Kier alpha value is -0.440. The highest BCUT2D eigenvalue weighted by atomic mass is 35.5. The minimum absolute atomic E-state index is 0.485. The van der Waals surface area contributed by atoms with Crippen molar-refractivity contribution < 1.29 is 0 Å². The number of benzene rings is 1. The van der Waals surface area contributed by atoms with E-state index >= 15 is 0 Å². The van der Waals surface area contributed by atoms with Gasteiger partial charge in [-0.1, -0.05) is 30.1 Å². The molecule has 2 nitrogen and oxygen atoms in total. The second kappa shape index (κ2) is 6.83. The number of rotatable bonds is 4. The molecule has 1 N–H and O–H groups in total. The molecule has 1 saturated heterocycles. The van der Waals surface area contributed by atoms with E-state index in [1.54, 1.807) is 0 Å². The van der Waals surface area contributed by atoms with E-state index in [9.17, 15) is 0 Å². The van der Waals surface area contributed by atoms with Gasteiger partial charge < -0.3 is 10.2 Å². The Morgan fingerprint density at radius 1 is 1.37 bits per heavy atom. The van der Waals surface area contributed by atoms with Crippen LogP contribution in [0.2, 0.25) is 10.0 Å². The van der Waals surface area contributed by atoms with Crippen LogP contribution in [-0.2, 0) is 0 Å². The van der Waals surface area contributed by atoms with E-state index in [2.05, 4.69) is 24.1 Å². The van der Waals surface area contributed by atoms with Crippen molar-refractivity contribution in [1.29, 1.82) is 0 Å². The lowest BCUT2D eigenvalue weighted by Crippen LogP contribution is -2.47. The zero-order valence-electron chi connectivity index (χ0n) is 11.6. The monoisotopic (exact) mass is 300 g/mol. The summed E-state index contributed by atoms with van der Waals surface area (Å²) in [5.74, 6) is 0. The van der Waals surface area contributed by atoms with E-state index in [0.717, 1.165) is 41.7 Å². The highest BCUT2D eigenvalue weighted by Gasteiger charge is 2.26. The average molecular weight is 301 g/mol. The summed E-state index contributed by atoms with van der Waals surface area (Å²) in [6.45, 7) is 6.60. The van der Waals surface area contributed by atoms with Crippen molar-refractivity contribution in [1.82, 2.24) is 5.32 Å². The normalized spacial score (nSPS) is 23.7. The molecule has 4 heteroatoms. The van der Waals surface area contributed by atoms with Crippen molar-refractivity contribution >= 4 is 28.9 Å². The Morgan fingerprint density at radius 3 is 2.84 bits per heavy atom. The van der Waals surface area contributed by atoms with E-state index in [-0.39, 0.29) is 0 Å². The first kappa shape index (κ1) is 15.0. The van der Waals surface area contributed by atoms with Gasteiger partial charge in [-0.3, -0.25) is 0 Å². The molecule has 0 radical (unpaired) electrons. The zero-order valence-corrected chi connectivity index (χ0v) is 13.1. The summed E-state index contributed by atoms with van der Waals surface area (Å²) >= 11 is 12.4. The summed E-state index contributed by atoms with van der Waals surface area (Å²) in [6.07, 6.45) is 3.50. The smallest absolute Gasteiger partial charge is 0.0640 e. The molecule has 19 heavy (non-hydrogen) atoms. The molecular formula is C15H22Cl2N2. The molecule has 106 valence electrons. The van der Waals surface area contributed by atoms with Crippen LogP contribution in [0.5, 0.6) is 0 Å². The molecular weight excluding hydrogens is 279 g/mol. The van der Waals surface area contributed by atoms with Crippen molar-refractivity contribution in [3.63, 3.8) is 0 Å². The van der Waals surface area contributed by atoms with E-state index in [0.29, 0.717) is 12.1 Å². The van der Waals surface area contributed by atoms with E-state index in [1.807, 2.05) is 18.2 Å². The van der Waals surface area contributed by atoms with Gasteiger partial charge in [-0.05, 0) is 50.9 Å². The fraction of sp³-hybridized carbons (Fsp3) is 0.600. The van der Waals surface area contributed by atoms with Crippen LogP contribution in [0.4, 0.5) is 5.69 Å². The van der Waals surface area contributed by atoms with E-state index in [4.69, 9.17) is 23.2 Å². The summed E-state index contributed by atoms with van der Waals surface area (Å²) in [4.78, 5) is 2.37. The van der Waals surface area contributed by atoms with Crippen molar-refractivity contribution in [2.45, 2.75) is 45.2 Å². The van der Waals surface area contributed by atoms with Crippen LogP contribution in [0, 0.1) is 0 Å². The first-order valence-corrected chi connectivity index (χ1v) is 7.82. The fourth-order valence-electron chi connectivity index (χ4n) is 2.77.